The number of carbonyl (C=O) groups is 1. The maximum atomic E-state index is 11.7. The second-order valence-corrected chi connectivity index (χ2v) is 5.06. The van der Waals surface area contributed by atoms with E-state index in [1.807, 2.05) is 48.7 Å². The fourth-order valence-corrected chi connectivity index (χ4v) is 1.82. The summed E-state index contributed by atoms with van der Waals surface area (Å²) >= 11 is 0. The van der Waals surface area contributed by atoms with E-state index in [9.17, 15) is 4.79 Å². The zero-order chi connectivity index (χ0) is 14.4. The Morgan fingerprint density at radius 3 is 2.50 bits per heavy atom. The standard InChI is InChI=1S/C17H19NO2/c1-13(2)15-8-9-16(18-11-15)10-17(19)20-12-14-6-4-3-5-7-14/h3-9,11,13H,10,12H2,1-2H3. The van der Waals surface area contributed by atoms with Crippen LogP contribution in [0.4, 0.5) is 0 Å². The van der Waals surface area contributed by atoms with Crippen molar-refractivity contribution in [3.8, 4) is 0 Å². The number of esters is 1. The highest BCUT2D eigenvalue weighted by atomic mass is 16.5. The molecule has 0 atom stereocenters. The van der Waals surface area contributed by atoms with Gasteiger partial charge in [0, 0.05) is 6.20 Å². The molecular formula is C17H19NO2. The Bertz CT molecular complexity index is 547. The molecule has 0 radical (unpaired) electrons. The molecule has 0 spiro atoms. The van der Waals surface area contributed by atoms with Gasteiger partial charge in [0.15, 0.2) is 0 Å². The zero-order valence-electron chi connectivity index (χ0n) is 11.9. The molecule has 3 nitrogen and oxygen atoms in total. The lowest BCUT2D eigenvalue weighted by molar-refractivity contribution is -0.144. The number of pyridine rings is 1. The largest absolute Gasteiger partial charge is 0.461 e. The van der Waals surface area contributed by atoms with Crippen LogP contribution < -0.4 is 0 Å². The molecule has 0 fully saturated rings. The number of nitrogens with zero attached hydrogens (tertiary/aromatic N) is 1. The van der Waals surface area contributed by atoms with Crippen LogP contribution in [0.2, 0.25) is 0 Å². The molecule has 1 aromatic heterocycles. The minimum absolute atomic E-state index is 0.214. The Balaban J connectivity index is 1.85. The number of hydrogen-bond acceptors (Lipinski definition) is 3. The molecule has 0 unspecified atom stereocenters. The smallest absolute Gasteiger partial charge is 0.312 e. The van der Waals surface area contributed by atoms with Crippen LogP contribution in [0.25, 0.3) is 0 Å². The first-order valence-electron chi connectivity index (χ1n) is 6.79. The maximum Gasteiger partial charge on any atom is 0.312 e. The van der Waals surface area contributed by atoms with Crippen molar-refractivity contribution in [1.29, 1.82) is 0 Å². The lowest BCUT2D eigenvalue weighted by Gasteiger charge is -2.07. The van der Waals surface area contributed by atoms with Crippen LogP contribution in [0.1, 0.15) is 36.6 Å². The number of hydrogen-bond donors (Lipinski definition) is 0. The SMILES string of the molecule is CC(C)c1ccc(CC(=O)OCc2ccccc2)nc1. The monoisotopic (exact) mass is 269 g/mol. The van der Waals surface area contributed by atoms with Crippen LogP contribution >= 0.6 is 0 Å². The van der Waals surface area contributed by atoms with Crippen LogP contribution in [-0.2, 0) is 22.6 Å². The van der Waals surface area contributed by atoms with E-state index >= 15 is 0 Å². The van der Waals surface area contributed by atoms with E-state index in [-0.39, 0.29) is 12.4 Å². The van der Waals surface area contributed by atoms with E-state index in [4.69, 9.17) is 4.74 Å². The summed E-state index contributed by atoms with van der Waals surface area (Å²) in [5, 5.41) is 0. The van der Waals surface area contributed by atoms with Crippen molar-refractivity contribution >= 4 is 5.97 Å². The molecule has 0 N–H and O–H groups in total. The van der Waals surface area contributed by atoms with E-state index in [1.165, 1.54) is 5.56 Å². The summed E-state index contributed by atoms with van der Waals surface area (Å²) in [5.41, 5.74) is 2.91. The van der Waals surface area contributed by atoms with Crippen molar-refractivity contribution in [3.05, 3.63) is 65.5 Å². The van der Waals surface area contributed by atoms with E-state index < -0.39 is 0 Å². The van der Waals surface area contributed by atoms with Crippen molar-refractivity contribution in [2.75, 3.05) is 0 Å². The first-order chi connectivity index (χ1) is 9.65. The molecule has 1 aromatic carbocycles. The predicted octanol–water partition coefficient (Wildman–Crippen LogP) is 3.49. The summed E-state index contributed by atoms with van der Waals surface area (Å²) in [6, 6.07) is 13.6. The molecule has 1 heterocycles. The molecular weight excluding hydrogens is 250 g/mol. The number of carbonyl (C=O) groups excluding carboxylic acids is 1. The zero-order valence-corrected chi connectivity index (χ0v) is 11.9. The predicted molar refractivity (Wildman–Crippen MR) is 78.3 cm³/mol. The van der Waals surface area contributed by atoms with E-state index in [2.05, 4.69) is 18.8 Å². The third kappa shape index (κ3) is 4.19. The second-order valence-electron chi connectivity index (χ2n) is 5.06. The van der Waals surface area contributed by atoms with Gasteiger partial charge in [-0.25, -0.2) is 0 Å². The second kappa shape index (κ2) is 6.85. The number of ether oxygens (including phenoxy) is 1. The van der Waals surface area contributed by atoms with E-state index in [0.717, 1.165) is 11.3 Å². The molecule has 20 heavy (non-hydrogen) atoms. The topological polar surface area (TPSA) is 39.2 Å². The van der Waals surface area contributed by atoms with Crippen molar-refractivity contribution in [2.24, 2.45) is 0 Å². The van der Waals surface area contributed by atoms with E-state index in [1.54, 1.807) is 0 Å². The summed E-state index contributed by atoms with van der Waals surface area (Å²) in [6.45, 7) is 4.54. The molecule has 104 valence electrons. The van der Waals surface area contributed by atoms with Crippen LogP contribution in [0.5, 0.6) is 0 Å². The Morgan fingerprint density at radius 2 is 1.90 bits per heavy atom. The van der Waals surface area contributed by atoms with Crippen LogP contribution in [-0.4, -0.2) is 11.0 Å². The number of aromatic nitrogens is 1. The molecule has 0 aliphatic carbocycles. The summed E-state index contributed by atoms with van der Waals surface area (Å²) < 4.78 is 5.23. The van der Waals surface area contributed by atoms with Gasteiger partial charge in [0.05, 0.1) is 12.1 Å². The Labute approximate surface area is 119 Å². The molecule has 3 heteroatoms. The molecule has 0 aliphatic heterocycles. The van der Waals surface area contributed by atoms with Gasteiger partial charge in [-0.05, 0) is 23.1 Å². The first kappa shape index (κ1) is 14.3. The minimum atomic E-state index is -0.251. The molecule has 2 aromatic rings. The lowest BCUT2D eigenvalue weighted by atomic mass is 10.1. The average molecular weight is 269 g/mol. The summed E-state index contributed by atoms with van der Waals surface area (Å²) in [7, 11) is 0. The normalized spacial score (nSPS) is 10.6. The number of benzene rings is 1. The van der Waals surface area contributed by atoms with Gasteiger partial charge in [-0.3, -0.25) is 9.78 Å². The summed E-state index contributed by atoms with van der Waals surface area (Å²) in [5.74, 6) is 0.195. The van der Waals surface area contributed by atoms with Gasteiger partial charge in [0.2, 0.25) is 0 Å². The van der Waals surface area contributed by atoms with Gasteiger partial charge in [-0.2, -0.15) is 0 Å². The highest BCUT2D eigenvalue weighted by Gasteiger charge is 2.07. The highest BCUT2D eigenvalue weighted by molar-refractivity contribution is 5.71. The van der Waals surface area contributed by atoms with Gasteiger partial charge < -0.3 is 4.74 Å². The highest BCUT2D eigenvalue weighted by Crippen LogP contribution is 2.13. The first-order valence-corrected chi connectivity index (χ1v) is 6.79. The van der Waals surface area contributed by atoms with Gasteiger partial charge in [0.25, 0.3) is 0 Å². The lowest BCUT2D eigenvalue weighted by Crippen LogP contribution is -2.09. The molecule has 0 aliphatic rings. The quantitative estimate of drug-likeness (QED) is 0.780. The van der Waals surface area contributed by atoms with Crippen LogP contribution in [0, 0.1) is 0 Å². The van der Waals surface area contributed by atoms with Crippen molar-refractivity contribution < 1.29 is 9.53 Å². The van der Waals surface area contributed by atoms with Gasteiger partial charge in [-0.1, -0.05) is 50.2 Å². The van der Waals surface area contributed by atoms with Gasteiger partial charge in [-0.15, -0.1) is 0 Å². The molecule has 2 rings (SSSR count). The molecule has 0 saturated heterocycles. The Morgan fingerprint density at radius 1 is 1.15 bits per heavy atom. The van der Waals surface area contributed by atoms with Gasteiger partial charge in [0.1, 0.15) is 6.61 Å². The third-order valence-corrected chi connectivity index (χ3v) is 3.08. The Kier molecular flexibility index (Phi) is 4.88. The van der Waals surface area contributed by atoms with Crippen molar-refractivity contribution in [1.82, 2.24) is 4.98 Å². The molecule has 0 bridgehead atoms. The fraction of sp³-hybridized carbons (Fsp3) is 0.294. The van der Waals surface area contributed by atoms with Crippen LogP contribution in [0.3, 0.4) is 0 Å². The maximum absolute atomic E-state index is 11.7. The van der Waals surface area contributed by atoms with Crippen molar-refractivity contribution in [3.63, 3.8) is 0 Å². The average Bonchev–Trinajstić information content (AvgIpc) is 2.47. The van der Waals surface area contributed by atoms with Gasteiger partial charge >= 0.3 is 5.97 Å². The fourth-order valence-electron chi connectivity index (χ4n) is 1.82. The summed E-state index contributed by atoms with van der Waals surface area (Å²) in [6.07, 6.45) is 2.04. The summed E-state index contributed by atoms with van der Waals surface area (Å²) in [4.78, 5) is 16.0. The number of rotatable bonds is 5. The van der Waals surface area contributed by atoms with Crippen molar-refractivity contribution in [2.45, 2.75) is 32.8 Å². The van der Waals surface area contributed by atoms with Crippen LogP contribution in [0.15, 0.2) is 48.7 Å². The molecule has 0 saturated carbocycles. The van der Waals surface area contributed by atoms with E-state index in [0.29, 0.717) is 12.5 Å². The molecule has 0 amide bonds. The third-order valence-electron chi connectivity index (χ3n) is 3.08. The Hall–Kier alpha value is -2.16. The minimum Gasteiger partial charge on any atom is -0.461 e.